The summed E-state index contributed by atoms with van der Waals surface area (Å²) in [6.07, 6.45) is 1.09. The molecule has 1 aromatic heterocycles. The number of hydrogen-bond acceptors (Lipinski definition) is 2. The molecule has 1 aromatic carbocycles. The molecule has 1 heterocycles. The first kappa shape index (κ1) is 12.4. The molecular formula is C12H6ClF2NO2. The van der Waals surface area contributed by atoms with Gasteiger partial charge in [-0.05, 0) is 18.2 Å². The fourth-order valence-corrected chi connectivity index (χ4v) is 1.64. The SMILES string of the molecule is O=C(O)c1cc(-c2cccc(F)c2F)ncc1Cl. The highest BCUT2D eigenvalue weighted by Gasteiger charge is 2.15. The van der Waals surface area contributed by atoms with E-state index in [1.165, 1.54) is 12.1 Å². The van der Waals surface area contributed by atoms with Crippen LogP contribution < -0.4 is 0 Å². The zero-order valence-electron chi connectivity index (χ0n) is 8.82. The molecule has 0 unspecified atom stereocenters. The van der Waals surface area contributed by atoms with Crippen LogP contribution in [0.4, 0.5) is 8.78 Å². The lowest BCUT2D eigenvalue weighted by molar-refractivity contribution is 0.0697. The summed E-state index contributed by atoms with van der Waals surface area (Å²) < 4.78 is 26.6. The van der Waals surface area contributed by atoms with Gasteiger partial charge in [0.15, 0.2) is 11.6 Å². The van der Waals surface area contributed by atoms with Crippen LogP contribution in [0.3, 0.4) is 0 Å². The maximum atomic E-state index is 13.5. The number of rotatable bonds is 2. The zero-order chi connectivity index (χ0) is 13.3. The van der Waals surface area contributed by atoms with Gasteiger partial charge in [0, 0.05) is 11.8 Å². The molecule has 0 fully saturated rings. The van der Waals surface area contributed by atoms with Gasteiger partial charge >= 0.3 is 5.97 Å². The van der Waals surface area contributed by atoms with E-state index in [2.05, 4.69) is 4.98 Å². The van der Waals surface area contributed by atoms with Crippen LogP contribution >= 0.6 is 11.6 Å². The van der Waals surface area contributed by atoms with Crippen molar-refractivity contribution >= 4 is 17.6 Å². The Bertz CT molecular complexity index is 631. The Labute approximate surface area is 106 Å². The van der Waals surface area contributed by atoms with Crippen LogP contribution in [0.1, 0.15) is 10.4 Å². The number of nitrogens with zero attached hydrogens (tertiary/aromatic N) is 1. The Kier molecular flexibility index (Phi) is 3.25. The maximum Gasteiger partial charge on any atom is 0.337 e. The van der Waals surface area contributed by atoms with Gasteiger partial charge in [0.2, 0.25) is 0 Å². The number of aromatic nitrogens is 1. The molecule has 6 heteroatoms. The molecule has 1 N–H and O–H groups in total. The van der Waals surface area contributed by atoms with Crippen molar-refractivity contribution in [1.82, 2.24) is 4.98 Å². The summed E-state index contributed by atoms with van der Waals surface area (Å²) in [7, 11) is 0. The molecule has 0 atom stereocenters. The Morgan fingerprint density at radius 3 is 2.72 bits per heavy atom. The van der Waals surface area contributed by atoms with E-state index in [1.54, 1.807) is 0 Å². The van der Waals surface area contributed by atoms with E-state index in [9.17, 15) is 13.6 Å². The smallest absolute Gasteiger partial charge is 0.337 e. The van der Waals surface area contributed by atoms with Crippen LogP contribution in [-0.2, 0) is 0 Å². The molecule has 2 rings (SSSR count). The minimum absolute atomic E-state index is 0.00815. The Morgan fingerprint density at radius 1 is 1.33 bits per heavy atom. The van der Waals surface area contributed by atoms with Crippen molar-refractivity contribution in [3.8, 4) is 11.3 Å². The van der Waals surface area contributed by atoms with Gasteiger partial charge in [-0.15, -0.1) is 0 Å². The van der Waals surface area contributed by atoms with Crippen molar-refractivity contribution < 1.29 is 18.7 Å². The Hall–Kier alpha value is -2.01. The third kappa shape index (κ3) is 2.17. The van der Waals surface area contributed by atoms with Gasteiger partial charge in [0.05, 0.1) is 16.3 Å². The predicted molar refractivity (Wildman–Crippen MR) is 61.6 cm³/mol. The molecule has 0 saturated carbocycles. The molecule has 2 aromatic rings. The molecule has 0 aliphatic carbocycles. The Morgan fingerprint density at radius 2 is 2.06 bits per heavy atom. The number of pyridine rings is 1. The van der Waals surface area contributed by atoms with Gasteiger partial charge in [-0.1, -0.05) is 17.7 Å². The van der Waals surface area contributed by atoms with Gasteiger partial charge in [0.25, 0.3) is 0 Å². The topological polar surface area (TPSA) is 50.2 Å². The van der Waals surface area contributed by atoms with E-state index in [0.717, 1.165) is 18.3 Å². The molecule has 3 nitrogen and oxygen atoms in total. The molecule has 0 radical (unpaired) electrons. The molecular weight excluding hydrogens is 264 g/mol. The van der Waals surface area contributed by atoms with Gasteiger partial charge in [-0.25, -0.2) is 13.6 Å². The molecule has 0 aliphatic rings. The highest BCUT2D eigenvalue weighted by Crippen LogP contribution is 2.26. The summed E-state index contributed by atoms with van der Waals surface area (Å²) in [4.78, 5) is 14.7. The quantitative estimate of drug-likeness (QED) is 0.909. The summed E-state index contributed by atoms with van der Waals surface area (Å²) in [6.45, 7) is 0. The minimum atomic E-state index is -1.26. The minimum Gasteiger partial charge on any atom is -0.478 e. The normalized spacial score (nSPS) is 10.4. The fourth-order valence-electron chi connectivity index (χ4n) is 1.45. The second-order valence-electron chi connectivity index (χ2n) is 3.46. The summed E-state index contributed by atoms with van der Waals surface area (Å²) in [6, 6.07) is 4.68. The summed E-state index contributed by atoms with van der Waals surface area (Å²) in [5, 5.41) is 8.81. The highest BCUT2D eigenvalue weighted by atomic mass is 35.5. The lowest BCUT2D eigenvalue weighted by atomic mass is 10.1. The van der Waals surface area contributed by atoms with Gasteiger partial charge in [-0.2, -0.15) is 0 Å². The first-order valence-electron chi connectivity index (χ1n) is 4.84. The number of carbonyl (C=O) groups is 1. The average molecular weight is 270 g/mol. The van der Waals surface area contributed by atoms with E-state index in [-0.39, 0.29) is 21.8 Å². The van der Waals surface area contributed by atoms with Crippen LogP contribution in [0.15, 0.2) is 30.5 Å². The molecule has 0 saturated heterocycles. The number of carboxylic acids is 1. The summed E-state index contributed by atoms with van der Waals surface area (Å²) in [5.74, 6) is -3.37. The lowest BCUT2D eigenvalue weighted by Gasteiger charge is -2.05. The third-order valence-corrected chi connectivity index (χ3v) is 2.61. The second-order valence-corrected chi connectivity index (χ2v) is 3.86. The highest BCUT2D eigenvalue weighted by molar-refractivity contribution is 6.33. The molecule has 92 valence electrons. The van der Waals surface area contributed by atoms with E-state index in [0.29, 0.717) is 0 Å². The van der Waals surface area contributed by atoms with Gasteiger partial charge < -0.3 is 5.11 Å². The van der Waals surface area contributed by atoms with Gasteiger partial charge in [-0.3, -0.25) is 4.98 Å². The van der Waals surface area contributed by atoms with Crippen LogP contribution in [0, 0.1) is 11.6 Å². The maximum absolute atomic E-state index is 13.5. The van der Waals surface area contributed by atoms with Crippen molar-refractivity contribution in [1.29, 1.82) is 0 Å². The zero-order valence-corrected chi connectivity index (χ0v) is 9.58. The molecule has 18 heavy (non-hydrogen) atoms. The van der Waals surface area contributed by atoms with E-state index in [1.807, 2.05) is 0 Å². The largest absolute Gasteiger partial charge is 0.478 e. The average Bonchev–Trinajstić information content (AvgIpc) is 2.33. The van der Waals surface area contributed by atoms with E-state index >= 15 is 0 Å². The van der Waals surface area contributed by atoms with Crippen molar-refractivity contribution in [2.75, 3.05) is 0 Å². The van der Waals surface area contributed by atoms with Crippen molar-refractivity contribution in [2.45, 2.75) is 0 Å². The second kappa shape index (κ2) is 4.70. The number of carboxylic acid groups (broad SMARTS) is 1. The van der Waals surface area contributed by atoms with E-state index < -0.39 is 17.6 Å². The van der Waals surface area contributed by atoms with E-state index in [4.69, 9.17) is 16.7 Å². The van der Waals surface area contributed by atoms with Crippen LogP contribution in [0.2, 0.25) is 5.02 Å². The third-order valence-electron chi connectivity index (χ3n) is 2.31. The van der Waals surface area contributed by atoms with Crippen LogP contribution in [-0.4, -0.2) is 16.1 Å². The molecule has 0 bridgehead atoms. The number of benzene rings is 1. The standard InChI is InChI=1S/C12H6ClF2NO2/c13-8-5-16-10(4-7(8)12(17)18)6-2-1-3-9(14)11(6)15/h1-5H,(H,17,18). The van der Waals surface area contributed by atoms with Crippen LogP contribution in [0.5, 0.6) is 0 Å². The van der Waals surface area contributed by atoms with Crippen molar-refractivity contribution in [3.05, 3.63) is 52.7 Å². The summed E-state index contributed by atoms with van der Waals surface area (Å²) >= 11 is 5.64. The molecule has 0 aliphatic heterocycles. The van der Waals surface area contributed by atoms with Crippen molar-refractivity contribution in [3.63, 3.8) is 0 Å². The number of aromatic carboxylic acids is 1. The van der Waals surface area contributed by atoms with Gasteiger partial charge in [0.1, 0.15) is 0 Å². The Balaban J connectivity index is 2.62. The number of hydrogen-bond donors (Lipinski definition) is 1. The van der Waals surface area contributed by atoms with Crippen molar-refractivity contribution in [2.24, 2.45) is 0 Å². The first-order chi connectivity index (χ1) is 8.50. The first-order valence-corrected chi connectivity index (χ1v) is 5.21. The predicted octanol–water partition coefficient (Wildman–Crippen LogP) is 3.38. The monoisotopic (exact) mass is 269 g/mol. The fraction of sp³-hybridized carbons (Fsp3) is 0. The molecule has 0 spiro atoms. The number of halogens is 3. The van der Waals surface area contributed by atoms with Crippen LogP contribution in [0.25, 0.3) is 11.3 Å². The molecule has 0 amide bonds. The lowest BCUT2D eigenvalue weighted by Crippen LogP contribution is -2.00. The summed E-state index contributed by atoms with van der Waals surface area (Å²) in [5.41, 5.74) is -0.326.